The maximum Gasteiger partial charge on any atom is 0.261 e. The predicted molar refractivity (Wildman–Crippen MR) is 76.6 cm³/mol. The number of hydrogen-bond donors (Lipinski definition) is 1. The first-order chi connectivity index (χ1) is 10.2. The lowest BCUT2D eigenvalue weighted by atomic mass is 10.0. The van der Waals surface area contributed by atoms with Gasteiger partial charge in [0.25, 0.3) is 11.8 Å². The van der Waals surface area contributed by atoms with Gasteiger partial charge in [-0.2, -0.15) is 5.26 Å². The summed E-state index contributed by atoms with van der Waals surface area (Å²) in [4.78, 5) is 25.8. The van der Waals surface area contributed by atoms with Crippen LogP contribution in [0.5, 0.6) is 0 Å². The van der Waals surface area contributed by atoms with E-state index in [4.69, 9.17) is 0 Å². The molecule has 106 valence electrons. The highest BCUT2D eigenvalue weighted by Crippen LogP contribution is 2.24. The Morgan fingerprint density at radius 3 is 2.43 bits per heavy atom. The van der Waals surface area contributed by atoms with Crippen LogP contribution < -0.4 is 5.32 Å². The van der Waals surface area contributed by atoms with Gasteiger partial charge in [-0.1, -0.05) is 12.1 Å². The highest BCUT2D eigenvalue weighted by molar-refractivity contribution is 6.21. The van der Waals surface area contributed by atoms with Crippen molar-refractivity contribution < 1.29 is 9.59 Å². The van der Waals surface area contributed by atoms with E-state index in [1.165, 1.54) is 4.90 Å². The number of carbonyl (C=O) groups excluding carboxylic acids is 2. The van der Waals surface area contributed by atoms with E-state index in [0.29, 0.717) is 23.2 Å². The Morgan fingerprint density at radius 1 is 1.24 bits per heavy atom. The lowest BCUT2D eigenvalue weighted by molar-refractivity contribution is 0.0669. The molecule has 2 heterocycles. The van der Waals surface area contributed by atoms with E-state index in [0.717, 1.165) is 25.0 Å². The molecule has 1 fully saturated rings. The first-order valence-corrected chi connectivity index (χ1v) is 6.99. The zero-order chi connectivity index (χ0) is 14.8. The lowest BCUT2D eigenvalue weighted by Crippen LogP contribution is -2.33. The van der Waals surface area contributed by atoms with Gasteiger partial charge in [0.05, 0.1) is 23.7 Å². The van der Waals surface area contributed by atoms with Crippen LogP contribution in [-0.2, 0) is 0 Å². The number of rotatable bonds is 2. The molecular formula is C16H15N3O2. The van der Waals surface area contributed by atoms with E-state index in [-0.39, 0.29) is 18.4 Å². The molecule has 0 unspecified atom stereocenters. The van der Waals surface area contributed by atoms with Crippen LogP contribution in [0, 0.1) is 11.3 Å². The number of fused-ring (bicyclic) bond motifs is 1. The van der Waals surface area contributed by atoms with Crippen LogP contribution in [0.3, 0.4) is 0 Å². The summed E-state index contributed by atoms with van der Waals surface area (Å²) in [5.41, 5.74) is 2.37. The SMILES string of the molecule is N#C/C(CN1C(=O)c2ccccc2C1=O)=C1\CCCNC1. The number of hydrogen-bond acceptors (Lipinski definition) is 4. The van der Waals surface area contributed by atoms with Crippen LogP contribution in [-0.4, -0.2) is 36.3 Å². The van der Waals surface area contributed by atoms with E-state index in [1.54, 1.807) is 24.3 Å². The number of benzene rings is 1. The molecule has 0 atom stereocenters. The first-order valence-electron chi connectivity index (χ1n) is 6.99. The maximum absolute atomic E-state index is 12.3. The van der Waals surface area contributed by atoms with Gasteiger partial charge in [-0.05, 0) is 37.1 Å². The summed E-state index contributed by atoms with van der Waals surface area (Å²) in [6, 6.07) is 8.94. The summed E-state index contributed by atoms with van der Waals surface area (Å²) in [7, 11) is 0. The van der Waals surface area contributed by atoms with Crippen LogP contribution in [0.4, 0.5) is 0 Å². The molecule has 0 saturated carbocycles. The second-order valence-corrected chi connectivity index (χ2v) is 5.22. The fraction of sp³-hybridized carbons (Fsp3) is 0.312. The Labute approximate surface area is 122 Å². The molecule has 2 aliphatic heterocycles. The number of nitrogens with zero attached hydrogens (tertiary/aromatic N) is 2. The summed E-state index contributed by atoms with van der Waals surface area (Å²) in [5.74, 6) is -0.625. The van der Waals surface area contributed by atoms with Gasteiger partial charge in [0, 0.05) is 12.1 Å². The van der Waals surface area contributed by atoms with Crippen molar-refractivity contribution in [3.05, 3.63) is 46.5 Å². The molecule has 3 rings (SSSR count). The normalized spacial score (nSPS) is 20.2. The van der Waals surface area contributed by atoms with Gasteiger partial charge in [-0.25, -0.2) is 0 Å². The Morgan fingerprint density at radius 2 is 1.90 bits per heavy atom. The van der Waals surface area contributed by atoms with Gasteiger partial charge in [0.1, 0.15) is 0 Å². The number of amides is 2. The molecule has 0 aliphatic carbocycles. The van der Waals surface area contributed by atoms with Crippen molar-refractivity contribution >= 4 is 11.8 Å². The van der Waals surface area contributed by atoms with E-state index in [9.17, 15) is 14.9 Å². The third-order valence-electron chi connectivity index (χ3n) is 3.93. The van der Waals surface area contributed by atoms with E-state index < -0.39 is 0 Å². The van der Waals surface area contributed by atoms with E-state index >= 15 is 0 Å². The van der Waals surface area contributed by atoms with Crippen LogP contribution in [0.2, 0.25) is 0 Å². The summed E-state index contributed by atoms with van der Waals surface area (Å²) in [6.07, 6.45) is 1.82. The van der Waals surface area contributed by atoms with Crippen LogP contribution in [0.1, 0.15) is 33.6 Å². The van der Waals surface area contributed by atoms with Crippen molar-refractivity contribution in [1.82, 2.24) is 10.2 Å². The van der Waals surface area contributed by atoms with Crippen molar-refractivity contribution in [1.29, 1.82) is 5.26 Å². The van der Waals surface area contributed by atoms with Gasteiger partial charge in [-0.3, -0.25) is 14.5 Å². The second kappa shape index (κ2) is 5.51. The van der Waals surface area contributed by atoms with E-state index in [2.05, 4.69) is 11.4 Å². The van der Waals surface area contributed by atoms with Gasteiger partial charge in [0.2, 0.25) is 0 Å². The average molecular weight is 281 g/mol. The highest BCUT2D eigenvalue weighted by atomic mass is 16.2. The zero-order valence-electron chi connectivity index (χ0n) is 11.6. The van der Waals surface area contributed by atoms with Crippen molar-refractivity contribution in [3.8, 4) is 6.07 Å². The van der Waals surface area contributed by atoms with Gasteiger partial charge in [-0.15, -0.1) is 0 Å². The second-order valence-electron chi connectivity index (χ2n) is 5.22. The first kappa shape index (κ1) is 13.5. The van der Waals surface area contributed by atoms with Crippen molar-refractivity contribution in [2.75, 3.05) is 19.6 Å². The molecular weight excluding hydrogens is 266 g/mol. The Bertz CT molecular complexity index is 642. The van der Waals surface area contributed by atoms with Crippen molar-refractivity contribution in [2.24, 2.45) is 0 Å². The monoisotopic (exact) mass is 281 g/mol. The molecule has 5 heteroatoms. The van der Waals surface area contributed by atoms with Crippen LogP contribution >= 0.6 is 0 Å². The zero-order valence-corrected chi connectivity index (χ0v) is 11.6. The standard InChI is InChI=1S/C16H15N3O2/c17-8-12(11-4-3-7-18-9-11)10-19-15(20)13-5-1-2-6-14(13)16(19)21/h1-2,5-6,18H,3-4,7,9-10H2/b12-11-. The molecule has 0 radical (unpaired) electrons. The number of piperidine rings is 1. The largest absolute Gasteiger partial charge is 0.313 e. The number of carbonyl (C=O) groups is 2. The molecule has 0 spiro atoms. The molecule has 2 amide bonds. The average Bonchev–Trinajstić information content (AvgIpc) is 2.78. The Balaban J connectivity index is 1.88. The Hall–Kier alpha value is -2.45. The molecule has 0 aromatic heterocycles. The molecule has 21 heavy (non-hydrogen) atoms. The van der Waals surface area contributed by atoms with Crippen LogP contribution in [0.25, 0.3) is 0 Å². The predicted octanol–water partition coefficient (Wildman–Crippen LogP) is 1.49. The molecule has 1 aromatic carbocycles. The summed E-state index contributed by atoms with van der Waals surface area (Å²) in [6.45, 7) is 1.67. The Kier molecular flexibility index (Phi) is 3.55. The number of nitrogens with one attached hydrogen (secondary N) is 1. The van der Waals surface area contributed by atoms with Crippen molar-refractivity contribution in [2.45, 2.75) is 12.8 Å². The number of imide groups is 1. The molecule has 5 nitrogen and oxygen atoms in total. The highest BCUT2D eigenvalue weighted by Gasteiger charge is 2.35. The summed E-state index contributed by atoms with van der Waals surface area (Å²) < 4.78 is 0. The molecule has 1 aromatic rings. The number of nitriles is 1. The fourth-order valence-corrected chi connectivity index (χ4v) is 2.78. The minimum absolute atomic E-state index is 0.0693. The molecule has 2 aliphatic rings. The van der Waals surface area contributed by atoms with Crippen LogP contribution in [0.15, 0.2) is 35.4 Å². The van der Waals surface area contributed by atoms with E-state index in [1.807, 2.05) is 0 Å². The van der Waals surface area contributed by atoms with Crippen molar-refractivity contribution in [3.63, 3.8) is 0 Å². The summed E-state index contributed by atoms with van der Waals surface area (Å²) >= 11 is 0. The van der Waals surface area contributed by atoms with Gasteiger partial charge in [0.15, 0.2) is 0 Å². The molecule has 1 N–H and O–H groups in total. The third kappa shape index (κ3) is 2.34. The lowest BCUT2D eigenvalue weighted by Gasteiger charge is -2.20. The topological polar surface area (TPSA) is 73.2 Å². The van der Waals surface area contributed by atoms with Gasteiger partial charge < -0.3 is 5.32 Å². The van der Waals surface area contributed by atoms with Gasteiger partial charge >= 0.3 is 0 Å². The fourth-order valence-electron chi connectivity index (χ4n) is 2.78. The molecule has 1 saturated heterocycles. The smallest absolute Gasteiger partial charge is 0.261 e. The minimum Gasteiger partial charge on any atom is -0.313 e. The molecule has 0 bridgehead atoms. The third-order valence-corrected chi connectivity index (χ3v) is 3.93. The summed E-state index contributed by atoms with van der Waals surface area (Å²) in [5, 5.41) is 12.6. The quantitative estimate of drug-likeness (QED) is 0.658. The maximum atomic E-state index is 12.3. The minimum atomic E-state index is -0.312.